The van der Waals surface area contributed by atoms with Crippen molar-refractivity contribution in [3.8, 4) is 11.8 Å². The molecule has 2 rings (SSSR count). The molecular weight excluding hydrogens is 453 g/mol. The lowest BCUT2D eigenvalue weighted by Gasteiger charge is -2.28. The number of carbonyl (C=O) groups is 2. The Morgan fingerprint density at radius 2 is 1.71 bits per heavy atom. The normalized spacial score (nSPS) is 16.3. The number of alkyl halides is 3. The number of ether oxygens (including phenoxy) is 3. The second-order valence-electron chi connectivity index (χ2n) is 5.41. The topological polar surface area (TPSA) is 161 Å². The van der Waals surface area contributed by atoms with Gasteiger partial charge in [-0.3, -0.25) is 5.32 Å². The van der Waals surface area contributed by atoms with Crippen molar-refractivity contribution in [3.05, 3.63) is 18.3 Å². The van der Waals surface area contributed by atoms with Crippen molar-refractivity contribution in [1.29, 1.82) is 0 Å². The molecule has 1 atom stereocenters. The van der Waals surface area contributed by atoms with E-state index in [-0.39, 0.29) is 16.7 Å². The molecule has 0 aromatic carbocycles. The number of amides is 3. The number of hydrogen-bond donors (Lipinski definition) is 2. The number of aliphatic imine (C=N–C) groups is 1. The standard InChI is InChI=1S/C14H15F3N6O7S/c1-28-8-6-9(29-2)20-10(19-8)21-11(24)22-31(26,27)12-18-7(14(15,16)17)4-5-23(12)13(25)30-3/h4-6,12H,1-3H3,(H2,19,20,21,22,24). The summed E-state index contributed by atoms with van der Waals surface area (Å²) in [6.45, 7) is 0. The summed E-state index contributed by atoms with van der Waals surface area (Å²) in [6, 6.07) is -0.200. The van der Waals surface area contributed by atoms with E-state index in [4.69, 9.17) is 9.47 Å². The Morgan fingerprint density at radius 1 is 1.13 bits per heavy atom. The summed E-state index contributed by atoms with van der Waals surface area (Å²) in [5.41, 5.74) is -4.09. The molecule has 3 amide bonds. The molecule has 0 radical (unpaired) electrons. The van der Waals surface area contributed by atoms with E-state index in [1.54, 1.807) is 0 Å². The first-order chi connectivity index (χ1) is 14.4. The molecule has 17 heteroatoms. The molecule has 1 unspecified atom stereocenters. The number of aromatic nitrogens is 2. The highest BCUT2D eigenvalue weighted by Crippen LogP contribution is 2.25. The Balaban J connectivity index is 2.29. The molecule has 2 N–H and O–H groups in total. The lowest BCUT2D eigenvalue weighted by molar-refractivity contribution is -0.0584. The second-order valence-corrected chi connectivity index (χ2v) is 7.12. The highest BCUT2D eigenvalue weighted by molar-refractivity contribution is 7.90. The van der Waals surface area contributed by atoms with Gasteiger partial charge in [-0.1, -0.05) is 0 Å². The van der Waals surface area contributed by atoms with E-state index in [2.05, 4.69) is 19.7 Å². The average molecular weight is 468 g/mol. The second kappa shape index (κ2) is 9.02. The van der Waals surface area contributed by atoms with Crippen LogP contribution in [-0.2, 0) is 14.8 Å². The SMILES string of the molecule is COC(=O)N1C=CC(C(F)(F)F)=NC1S(=O)(=O)NC(=O)Nc1nc(OC)cc(OC)n1. The van der Waals surface area contributed by atoms with Crippen molar-refractivity contribution in [3.63, 3.8) is 0 Å². The minimum absolute atomic E-state index is 0.0429. The summed E-state index contributed by atoms with van der Waals surface area (Å²) in [6.07, 6.45) is -5.46. The van der Waals surface area contributed by atoms with Crippen molar-refractivity contribution < 1.29 is 45.4 Å². The van der Waals surface area contributed by atoms with Crippen LogP contribution < -0.4 is 19.5 Å². The third kappa shape index (κ3) is 5.71. The maximum absolute atomic E-state index is 13.0. The zero-order valence-corrected chi connectivity index (χ0v) is 16.8. The summed E-state index contributed by atoms with van der Waals surface area (Å²) < 4.78 is 79.4. The van der Waals surface area contributed by atoms with Crippen LogP contribution in [-0.4, -0.2) is 74.1 Å². The molecule has 0 spiro atoms. The highest BCUT2D eigenvalue weighted by Gasteiger charge is 2.43. The zero-order chi connectivity index (χ0) is 23.4. The van der Waals surface area contributed by atoms with Gasteiger partial charge < -0.3 is 14.2 Å². The Morgan fingerprint density at radius 3 is 2.19 bits per heavy atom. The van der Waals surface area contributed by atoms with Gasteiger partial charge in [-0.05, 0) is 6.08 Å². The molecule has 0 saturated carbocycles. The summed E-state index contributed by atoms with van der Waals surface area (Å²) in [5, 5.41) is 1.95. The molecule has 1 aromatic heterocycles. The van der Waals surface area contributed by atoms with Crippen molar-refractivity contribution in [2.75, 3.05) is 26.6 Å². The van der Waals surface area contributed by atoms with Crippen LogP contribution in [0.25, 0.3) is 0 Å². The van der Waals surface area contributed by atoms with Gasteiger partial charge in [0.25, 0.3) is 15.5 Å². The van der Waals surface area contributed by atoms with Gasteiger partial charge in [0, 0.05) is 6.20 Å². The van der Waals surface area contributed by atoms with E-state index in [0.29, 0.717) is 12.3 Å². The number of nitrogens with one attached hydrogen (secondary N) is 2. The first-order valence-corrected chi connectivity index (χ1v) is 9.45. The van der Waals surface area contributed by atoms with Gasteiger partial charge in [0.05, 0.1) is 27.4 Å². The molecule has 13 nitrogen and oxygen atoms in total. The number of nitrogens with zero attached hydrogens (tertiary/aromatic N) is 4. The van der Waals surface area contributed by atoms with Crippen LogP contribution in [0.2, 0.25) is 0 Å². The van der Waals surface area contributed by atoms with E-state index >= 15 is 0 Å². The summed E-state index contributed by atoms with van der Waals surface area (Å²) in [5.74, 6) is -0.533. The molecule has 2 heterocycles. The Bertz CT molecular complexity index is 1010. The number of anilines is 1. The van der Waals surface area contributed by atoms with Crippen molar-refractivity contribution >= 4 is 33.8 Å². The van der Waals surface area contributed by atoms with Gasteiger partial charge in [-0.2, -0.15) is 23.1 Å². The minimum Gasteiger partial charge on any atom is -0.481 e. The molecular formula is C14H15F3N6O7S. The smallest absolute Gasteiger partial charge is 0.433 e. The van der Waals surface area contributed by atoms with Crippen molar-refractivity contribution in [2.24, 2.45) is 4.99 Å². The molecule has 0 bridgehead atoms. The van der Waals surface area contributed by atoms with Gasteiger partial charge in [0.1, 0.15) is 5.71 Å². The molecule has 31 heavy (non-hydrogen) atoms. The fourth-order valence-corrected chi connectivity index (χ4v) is 3.19. The predicted molar refractivity (Wildman–Crippen MR) is 96.9 cm³/mol. The van der Waals surface area contributed by atoms with E-state index in [1.165, 1.54) is 25.0 Å². The Labute approximate surface area is 173 Å². The van der Waals surface area contributed by atoms with Crippen LogP contribution in [0, 0.1) is 0 Å². The van der Waals surface area contributed by atoms with Gasteiger partial charge in [0.15, 0.2) is 0 Å². The van der Waals surface area contributed by atoms with E-state index in [0.717, 1.165) is 7.11 Å². The van der Waals surface area contributed by atoms with Crippen molar-refractivity contribution in [2.45, 2.75) is 11.7 Å². The van der Waals surface area contributed by atoms with E-state index < -0.39 is 45.5 Å². The fourth-order valence-electron chi connectivity index (χ4n) is 2.07. The largest absolute Gasteiger partial charge is 0.481 e. The lowest BCUT2D eigenvalue weighted by Crippen LogP contribution is -2.50. The number of halogens is 3. The number of rotatable bonds is 5. The summed E-state index contributed by atoms with van der Waals surface area (Å²) >= 11 is 0. The first-order valence-electron chi connectivity index (χ1n) is 7.90. The van der Waals surface area contributed by atoms with E-state index in [9.17, 15) is 31.2 Å². The molecule has 1 aliphatic rings. The van der Waals surface area contributed by atoms with Crippen LogP contribution >= 0.6 is 0 Å². The molecule has 1 aromatic rings. The number of hydrogen-bond acceptors (Lipinski definition) is 10. The van der Waals surface area contributed by atoms with Gasteiger partial charge >= 0.3 is 18.3 Å². The van der Waals surface area contributed by atoms with Crippen LogP contribution in [0.4, 0.5) is 28.7 Å². The molecule has 0 aliphatic carbocycles. The number of sulfonamides is 1. The maximum atomic E-state index is 13.0. The first kappa shape index (κ1) is 23.6. The quantitative estimate of drug-likeness (QED) is 0.637. The van der Waals surface area contributed by atoms with Crippen LogP contribution in [0.5, 0.6) is 11.8 Å². The highest BCUT2D eigenvalue weighted by atomic mass is 32.2. The van der Waals surface area contributed by atoms with Crippen LogP contribution in [0.3, 0.4) is 0 Å². The molecule has 170 valence electrons. The zero-order valence-electron chi connectivity index (χ0n) is 16.0. The fraction of sp³-hybridized carbons (Fsp3) is 0.357. The molecule has 1 aliphatic heterocycles. The predicted octanol–water partition coefficient (Wildman–Crippen LogP) is 0.828. The van der Waals surface area contributed by atoms with Crippen LogP contribution in [0.15, 0.2) is 23.3 Å². The van der Waals surface area contributed by atoms with Gasteiger partial charge in [-0.25, -0.2) is 32.6 Å². The van der Waals surface area contributed by atoms with E-state index in [1.807, 2.05) is 5.32 Å². The number of methoxy groups -OCH3 is 3. The Kier molecular flexibility index (Phi) is 6.88. The molecule has 0 saturated heterocycles. The number of carbonyl (C=O) groups excluding carboxylic acids is 2. The third-order valence-electron chi connectivity index (χ3n) is 3.39. The molecule has 0 fully saturated rings. The average Bonchev–Trinajstić information content (AvgIpc) is 2.71. The maximum Gasteiger partial charge on any atom is 0.433 e. The third-order valence-corrected chi connectivity index (χ3v) is 4.75. The Hall–Kier alpha value is -3.63. The van der Waals surface area contributed by atoms with Gasteiger partial charge in [-0.15, -0.1) is 0 Å². The van der Waals surface area contributed by atoms with Crippen LogP contribution in [0.1, 0.15) is 0 Å². The number of urea groups is 1. The number of allylic oxidation sites excluding steroid dienone is 1. The van der Waals surface area contributed by atoms with Gasteiger partial charge in [0.2, 0.25) is 17.7 Å². The monoisotopic (exact) mass is 468 g/mol. The van der Waals surface area contributed by atoms with Crippen molar-refractivity contribution in [1.82, 2.24) is 19.6 Å². The summed E-state index contributed by atoms with van der Waals surface area (Å²) in [4.78, 5) is 34.6. The summed E-state index contributed by atoms with van der Waals surface area (Å²) in [7, 11) is -1.65. The lowest BCUT2D eigenvalue weighted by atomic mass is 10.3. The minimum atomic E-state index is -5.03.